The van der Waals surface area contributed by atoms with Gasteiger partial charge in [-0.3, -0.25) is 19.4 Å². The molecule has 3 amide bonds. The first-order valence-corrected chi connectivity index (χ1v) is 10.2. The lowest BCUT2D eigenvalue weighted by Crippen LogP contribution is -2.58. The summed E-state index contributed by atoms with van der Waals surface area (Å²) < 4.78 is 0. The lowest BCUT2D eigenvalue weighted by atomic mass is 10.0. The maximum absolute atomic E-state index is 12.8. The van der Waals surface area contributed by atoms with Crippen molar-refractivity contribution in [3.05, 3.63) is 0 Å². The summed E-state index contributed by atoms with van der Waals surface area (Å²) in [4.78, 5) is 52.3. The highest BCUT2D eigenvalue weighted by Crippen LogP contribution is 2.06. The number of hydrogen-bond donors (Lipinski definition) is 9. The van der Waals surface area contributed by atoms with Gasteiger partial charge in [-0.1, -0.05) is 13.8 Å². The molecule has 14 heteroatoms. The Morgan fingerprint density at radius 1 is 1.00 bits per heavy atom. The third-order valence-electron chi connectivity index (χ3n) is 4.16. The van der Waals surface area contributed by atoms with E-state index in [1.807, 2.05) is 0 Å². The van der Waals surface area contributed by atoms with E-state index < -0.39 is 54.5 Å². The number of carboxylic acids is 1. The van der Waals surface area contributed by atoms with Gasteiger partial charge in [0, 0.05) is 12.3 Å². The largest absolute Gasteiger partial charge is 0.480 e. The smallest absolute Gasteiger partial charge is 0.327 e. The number of aliphatic hydroxyl groups is 1. The van der Waals surface area contributed by atoms with E-state index in [-0.39, 0.29) is 30.6 Å². The summed E-state index contributed by atoms with van der Waals surface area (Å²) in [6, 6.07) is -4.62. The Balaban J connectivity index is 5.40. The molecule has 0 saturated heterocycles. The first-order valence-electron chi connectivity index (χ1n) is 9.61. The molecule has 0 radical (unpaired) electrons. The molecule has 4 unspecified atom stereocenters. The third-order valence-corrected chi connectivity index (χ3v) is 4.52. The van der Waals surface area contributed by atoms with Gasteiger partial charge in [0.2, 0.25) is 17.7 Å². The second kappa shape index (κ2) is 14.4. The minimum atomic E-state index is -1.28. The van der Waals surface area contributed by atoms with Crippen LogP contribution in [0, 0.1) is 5.92 Å². The van der Waals surface area contributed by atoms with Gasteiger partial charge in [0.05, 0.1) is 6.61 Å². The highest BCUT2D eigenvalue weighted by molar-refractivity contribution is 7.80. The van der Waals surface area contributed by atoms with Gasteiger partial charge in [-0.15, -0.1) is 0 Å². The number of guanidine groups is 1. The number of aliphatic hydroxyl groups excluding tert-OH is 1. The van der Waals surface area contributed by atoms with E-state index in [9.17, 15) is 19.2 Å². The van der Waals surface area contributed by atoms with Crippen LogP contribution in [0.3, 0.4) is 0 Å². The summed E-state index contributed by atoms with van der Waals surface area (Å²) in [7, 11) is 0. The molecule has 0 aromatic rings. The van der Waals surface area contributed by atoms with Gasteiger partial charge in [-0.05, 0) is 18.8 Å². The number of thiol groups is 1. The van der Waals surface area contributed by atoms with Gasteiger partial charge in [0.1, 0.15) is 24.2 Å². The zero-order valence-electron chi connectivity index (χ0n) is 17.6. The molecule has 0 aliphatic rings. The standard InChI is InChI=1S/C17H33N7O6S/c1-8(2)12(24-13(26)9(18)6-25)15(28)22-10(4-3-5-21-17(19)20)14(27)23-11(7-31)16(29)30/h8-12,25,31H,3-7,18H2,1-2H3,(H,22,28)(H,23,27)(H,24,26)(H,29,30)(H4,19,20,21). The topological polar surface area (TPSA) is 235 Å². The number of amides is 3. The molecule has 4 atom stereocenters. The number of carbonyl (C=O) groups excluding carboxylic acids is 3. The maximum atomic E-state index is 12.8. The van der Waals surface area contributed by atoms with Crippen LogP contribution in [0.4, 0.5) is 0 Å². The molecular formula is C17H33N7O6S. The molecule has 0 bridgehead atoms. The number of nitrogens with two attached hydrogens (primary N) is 3. The molecule has 178 valence electrons. The molecule has 0 spiro atoms. The Morgan fingerprint density at radius 3 is 2.03 bits per heavy atom. The summed E-state index contributed by atoms with van der Waals surface area (Å²) in [6.07, 6.45) is 0.408. The van der Waals surface area contributed by atoms with Crippen molar-refractivity contribution in [3.63, 3.8) is 0 Å². The van der Waals surface area contributed by atoms with Crippen LogP contribution in [0.25, 0.3) is 0 Å². The van der Waals surface area contributed by atoms with E-state index >= 15 is 0 Å². The van der Waals surface area contributed by atoms with Gasteiger partial charge in [-0.2, -0.15) is 12.6 Å². The predicted octanol–water partition coefficient (Wildman–Crippen LogP) is -3.52. The molecule has 13 nitrogen and oxygen atoms in total. The molecule has 0 aromatic carbocycles. The number of nitrogens with one attached hydrogen (secondary N) is 3. The van der Waals surface area contributed by atoms with Gasteiger partial charge < -0.3 is 43.4 Å². The molecule has 31 heavy (non-hydrogen) atoms. The molecular weight excluding hydrogens is 430 g/mol. The van der Waals surface area contributed by atoms with Crippen molar-refractivity contribution in [2.75, 3.05) is 18.9 Å². The van der Waals surface area contributed by atoms with Gasteiger partial charge >= 0.3 is 5.97 Å². The van der Waals surface area contributed by atoms with Crippen molar-refractivity contribution in [2.45, 2.75) is 50.9 Å². The average molecular weight is 464 g/mol. The van der Waals surface area contributed by atoms with Gasteiger partial charge in [0.25, 0.3) is 0 Å². The van der Waals surface area contributed by atoms with Crippen LogP contribution in [0.1, 0.15) is 26.7 Å². The van der Waals surface area contributed by atoms with Crippen LogP contribution in [0.5, 0.6) is 0 Å². The van der Waals surface area contributed by atoms with E-state index in [2.05, 4.69) is 33.6 Å². The fourth-order valence-corrected chi connectivity index (χ4v) is 2.62. The summed E-state index contributed by atoms with van der Waals surface area (Å²) >= 11 is 3.89. The molecule has 0 heterocycles. The number of rotatable bonds is 14. The fourth-order valence-electron chi connectivity index (χ4n) is 2.37. The number of nitrogens with zero attached hydrogens (tertiary/aromatic N) is 1. The average Bonchev–Trinajstić information content (AvgIpc) is 2.70. The molecule has 0 aliphatic carbocycles. The Kier molecular flexibility index (Phi) is 13.2. The summed E-state index contributed by atoms with van der Waals surface area (Å²) in [5, 5.41) is 25.4. The molecule has 0 rings (SSSR count). The Hall–Kier alpha value is -2.58. The van der Waals surface area contributed by atoms with Crippen molar-refractivity contribution in [1.82, 2.24) is 16.0 Å². The van der Waals surface area contributed by atoms with Crippen LogP contribution < -0.4 is 33.2 Å². The highest BCUT2D eigenvalue weighted by Gasteiger charge is 2.31. The van der Waals surface area contributed by atoms with Crippen molar-refractivity contribution < 1.29 is 29.4 Å². The summed E-state index contributed by atoms with van der Waals surface area (Å²) in [5.41, 5.74) is 16.0. The van der Waals surface area contributed by atoms with Crippen molar-refractivity contribution in [2.24, 2.45) is 28.1 Å². The molecule has 11 N–H and O–H groups in total. The normalized spacial score (nSPS) is 14.6. The van der Waals surface area contributed by atoms with Gasteiger partial charge in [-0.25, -0.2) is 4.79 Å². The molecule has 0 fully saturated rings. The first-order chi connectivity index (χ1) is 14.4. The lowest BCUT2D eigenvalue weighted by molar-refractivity contribution is -0.141. The SMILES string of the molecule is CC(C)C(NC(=O)C(N)CO)C(=O)NC(CCCN=C(N)N)C(=O)NC(CS)C(=O)O. The number of carboxylic acid groups (broad SMARTS) is 1. The first kappa shape index (κ1) is 28.4. The van der Waals surface area contributed by atoms with Crippen LogP contribution in [0.15, 0.2) is 4.99 Å². The second-order valence-electron chi connectivity index (χ2n) is 7.11. The monoisotopic (exact) mass is 463 g/mol. The zero-order valence-corrected chi connectivity index (χ0v) is 18.5. The van der Waals surface area contributed by atoms with Crippen LogP contribution >= 0.6 is 12.6 Å². The predicted molar refractivity (Wildman–Crippen MR) is 117 cm³/mol. The third kappa shape index (κ3) is 10.8. The van der Waals surface area contributed by atoms with E-state index in [4.69, 9.17) is 27.4 Å². The van der Waals surface area contributed by atoms with Crippen LogP contribution in [0.2, 0.25) is 0 Å². The van der Waals surface area contributed by atoms with E-state index in [0.717, 1.165) is 0 Å². The van der Waals surface area contributed by atoms with E-state index in [1.165, 1.54) is 0 Å². The van der Waals surface area contributed by atoms with Crippen molar-refractivity contribution in [3.8, 4) is 0 Å². The summed E-state index contributed by atoms with van der Waals surface area (Å²) in [6.45, 7) is 2.93. The highest BCUT2D eigenvalue weighted by atomic mass is 32.1. The number of aliphatic carboxylic acids is 1. The maximum Gasteiger partial charge on any atom is 0.327 e. The quantitative estimate of drug-likeness (QED) is 0.0536. The Labute approximate surface area is 186 Å². The number of hydrogen-bond acceptors (Lipinski definition) is 8. The van der Waals surface area contributed by atoms with Crippen molar-refractivity contribution >= 4 is 42.3 Å². The zero-order chi connectivity index (χ0) is 24.1. The Morgan fingerprint density at radius 2 is 1.58 bits per heavy atom. The second-order valence-corrected chi connectivity index (χ2v) is 7.48. The lowest BCUT2D eigenvalue weighted by Gasteiger charge is -2.26. The Bertz CT molecular complexity index is 657. The minimum Gasteiger partial charge on any atom is -0.480 e. The van der Waals surface area contributed by atoms with Crippen LogP contribution in [-0.4, -0.2) is 82.9 Å². The fraction of sp³-hybridized carbons (Fsp3) is 0.706. The summed E-state index contributed by atoms with van der Waals surface area (Å²) in [5.74, 6) is -4.07. The number of carbonyl (C=O) groups is 4. The molecule has 0 saturated carbocycles. The van der Waals surface area contributed by atoms with Crippen molar-refractivity contribution in [1.29, 1.82) is 0 Å². The molecule has 0 aliphatic heterocycles. The van der Waals surface area contributed by atoms with Gasteiger partial charge in [0.15, 0.2) is 5.96 Å². The van der Waals surface area contributed by atoms with E-state index in [1.54, 1.807) is 13.8 Å². The van der Waals surface area contributed by atoms with Crippen LogP contribution in [-0.2, 0) is 19.2 Å². The molecule has 0 aromatic heterocycles. The minimum absolute atomic E-state index is 0.0994. The van der Waals surface area contributed by atoms with E-state index in [0.29, 0.717) is 6.42 Å². The number of aliphatic imine (C=N–C) groups is 1.